The van der Waals surface area contributed by atoms with Gasteiger partial charge in [0.1, 0.15) is 0 Å². The lowest BCUT2D eigenvalue weighted by Crippen LogP contribution is -2.43. The van der Waals surface area contributed by atoms with Gasteiger partial charge in [-0.1, -0.05) is 33.3 Å². The molecule has 0 unspecified atom stereocenters. The molecule has 7 nitrogen and oxygen atoms in total. The zero-order valence-corrected chi connectivity index (χ0v) is 21.4. The van der Waals surface area contributed by atoms with E-state index >= 15 is 0 Å². The van der Waals surface area contributed by atoms with Gasteiger partial charge in [-0.3, -0.25) is 14.6 Å². The van der Waals surface area contributed by atoms with Gasteiger partial charge in [-0.15, -0.1) is 12.4 Å². The minimum absolute atomic E-state index is 0. The second-order valence-corrected chi connectivity index (χ2v) is 11.3. The molecule has 0 atom stereocenters. The fourth-order valence-corrected chi connectivity index (χ4v) is 5.52. The van der Waals surface area contributed by atoms with Crippen molar-refractivity contribution >= 4 is 70.8 Å². The molecule has 1 aliphatic heterocycles. The van der Waals surface area contributed by atoms with E-state index in [4.69, 9.17) is 4.74 Å². The molecular weight excluding hydrogens is 538 g/mol. The van der Waals surface area contributed by atoms with Gasteiger partial charge < -0.3 is 4.74 Å². The number of hydrogen-bond donors (Lipinski definition) is 0. The van der Waals surface area contributed by atoms with Crippen LogP contribution in [0.25, 0.3) is 10.2 Å². The summed E-state index contributed by atoms with van der Waals surface area (Å²) in [6.45, 7) is 4.22. The number of carbonyl (C=O) groups excluding carboxylic acids is 1. The Hall–Kier alpha value is -1.56. The smallest absolute Gasteiger partial charge is 0.260 e. The first-order valence-electron chi connectivity index (χ1n) is 9.79. The zero-order chi connectivity index (χ0) is 22.0. The van der Waals surface area contributed by atoms with Crippen molar-refractivity contribution in [1.29, 1.82) is 0 Å². The molecule has 2 heterocycles. The molecule has 0 aliphatic carbocycles. The van der Waals surface area contributed by atoms with Crippen molar-refractivity contribution < 1.29 is 17.9 Å². The van der Waals surface area contributed by atoms with E-state index < -0.39 is 9.84 Å². The summed E-state index contributed by atoms with van der Waals surface area (Å²) in [7, 11) is -3.32. The number of carbonyl (C=O) groups is 1. The second-order valence-electron chi connectivity index (χ2n) is 7.32. The van der Waals surface area contributed by atoms with Crippen molar-refractivity contribution in [3.63, 3.8) is 0 Å². The van der Waals surface area contributed by atoms with Crippen LogP contribution in [0.4, 0.5) is 5.13 Å². The van der Waals surface area contributed by atoms with Crippen LogP contribution in [0.5, 0.6) is 0 Å². The molecule has 1 aromatic heterocycles. The molecule has 11 heteroatoms. The molecule has 0 spiro atoms. The van der Waals surface area contributed by atoms with Crippen LogP contribution in [-0.4, -0.2) is 69.9 Å². The maximum Gasteiger partial charge on any atom is 0.260 e. The molecule has 1 saturated heterocycles. The number of rotatable bonds is 6. The van der Waals surface area contributed by atoms with Gasteiger partial charge in [0.2, 0.25) is 0 Å². The maximum absolute atomic E-state index is 13.4. The van der Waals surface area contributed by atoms with E-state index in [-0.39, 0.29) is 23.2 Å². The van der Waals surface area contributed by atoms with Crippen molar-refractivity contribution in [1.82, 2.24) is 9.88 Å². The number of ether oxygens (including phenoxy) is 1. The summed E-state index contributed by atoms with van der Waals surface area (Å²) in [4.78, 5) is 22.2. The predicted octanol–water partition coefficient (Wildman–Crippen LogP) is 3.86. The van der Waals surface area contributed by atoms with E-state index in [1.165, 1.54) is 17.6 Å². The molecular formula is C21H23BrClN3O4S2. The Bertz CT molecular complexity index is 1210. The predicted molar refractivity (Wildman–Crippen MR) is 133 cm³/mol. The molecule has 0 bridgehead atoms. The van der Waals surface area contributed by atoms with E-state index in [0.29, 0.717) is 42.5 Å². The van der Waals surface area contributed by atoms with Crippen molar-refractivity contribution in [3.8, 4) is 0 Å². The number of sulfone groups is 1. The summed E-state index contributed by atoms with van der Waals surface area (Å²) in [6.07, 6.45) is 1.18. The highest BCUT2D eigenvalue weighted by molar-refractivity contribution is 9.10. The van der Waals surface area contributed by atoms with Crippen LogP contribution in [0, 0.1) is 0 Å². The van der Waals surface area contributed by atoms with Crippen LogP contribution in [0.3, 0.4) is 0 Å². The van der Waals surface area contributed by atoms with Crippen LogP contribution in [-0.2, 0) is 14.6 Å². The third-order valence-corrected chi connectivity index (χ3v) is 7.71. The number of thiazole rings is 1. The SMILES string of the molecule is CS(=O)(=O)c1ccc2nc(N(CCN3CCOCC3)C(=O)c3cccc(Br)c3)sc2c1.Cl. The first-order chi connectivity index (χ1) is 14.8. The monoisotopic (exact) mass is 559 g/mol. The zero-order valence-electron chi connectivity index (χ0n) is 17.4. The summed E-state index contributed by atoms with van der Waals surface area (Å²) in [5.41, 5.74) is 1.23. The largest absolute Gasteiger partial charge is 0.379 e. The normalized spacial score (nSPS) is 14.8. The molecule has 32 heavy (non-hydrogen) atoms. The van der Waals surface area contributed by atoms with Crippen LogP contribution in [0.15, 0.2) is 51.8 Å². The van der Waals surface area contributed by atoms with Gasteiger partial charge in [0.15, 0.2) is 15.0 Å². The summed E-state index contributed by atoms with van der Waals surface area (Å²) < 4.78 is 30.8. The number of halogens is 2. The lowest BCUT2D eigenvalue weighted by atomic mass is 10.2. The average molecular weight is 561 g/mol. The van der Waals surface area contributed by atoms with Crippen molar-refractivity contribution in [2.75, 3.05) is 50.5 Å². The van der Waals surface area contributed by atoms with Crippen LogP contribution >= 0.6 is 39.7 Å². The van der Waals surface area contributed by atoms with E-state index in [1.54, 1.807) is 35.2 Å². The van der Waals surface area contributed by atoms with E-state index in [1.807, 2.05) is 12.1 Å². The minimum Gasteiger partial charge on any atom is -0.379 e. The van der Waals surface area contributed by atoms with Gasteiger partial charge >= 0.3 is 0 Å². The third-order valence-electron chi connectivity index (χ3n) is 5.07. The summed E-state index contributed by atoms with van der Waals surface area (Å²) in [5, 5.41) is 0.555. The van der Waals surface area contributed by atoms with Gasteiger partial charge in [0.05, 0.1) is 28.3 Å². The highest BCUT2D eigenvalue weighted by atomic mass is 79.9. The third kappa shape index (κ3) is 5.86. The van der Waals surface area contributed by atoms with Gasteiger partial charge in [0.25, 0.3) is 5.91 Å². The van der Waals surface area contributed by atoms with Crippen LogP contribution < -0.4 is 4.90 Å². The molecule has 2 aromatic carbocycles. The number of nitrogens with zero attached hydrogens (tertiary/aromatic N) is 3. The quantitative estimate of drug-likeness (QED) is 0.456. The van der Waals surface area contributed by atoms with E-state index in [2.05, 4.69) is 25.8 Å². The van der Waals surface area contributed by atoms with Crippen LogP contribution in [0.1, 0.15) is 10.4 Å². The molecule has 1 aliphatic rings. The molecule has 4 rings (SSSR count). The van der Waals surface area contributed by atoms with Crippen molar-refractivity contribution in [2.45, 2.75) is 4.90 Å². The van der Waals surface area contributed by atoms with Crippen LogP contribution in [0.2, 0.25) is 0 Å². The standard InChI is InChI=1S/C21H22BrN3O4S2.ClH/c1-31(27,28)17-5-6-18-19(14-17)30-21(23-18)25(8-7-24-9-11-29-12-10-24)20(26)15-3-2-4-16(22)13-15;/h2-6,13-14H,7-12H2,1H3;1H. The molecule has 3 aromatic rings. The summed E-state index contributed by atoms with van der Waals surface area (Å²) in [6, 6.07) is 12.1. The average Bonchev–Trinajstić information content (AvgIpc) is 3.17. The number of hydrogen-bond acceptors (Lipinski definition) is 7. The lowest BCUT2D eigenvalue weighted by molar-refractivity contribution is 0.0391. The molecule has 0 radical (unpaired) electrons. The molecule has 0 N–H and O–H groups in total. The fourth-order valence-electron chi connectivity index (χ4n) is 3.37. The van der Waals surface area contributed by atoms with Gasteiger partial charge in [0, 0.05) is 42.5 Å². The molecule has 1 fully saturated rings. The molecule has 0 saturated carbocycles. The number of morpholine rings is 1. The second kappa shape index (κ2) is 10.6. The number of aromatic nitrogens is 1. The highest BCUT2D eigenvalue weighted by Gasteiger charge is 2.23. The van der Waals surface area contributed by atoms with E-state index in [0.717, 1.165) is 22.3 Å². The summed E-state index contributed by atoms with van der Waals surface area (Å²) in [5.74, 6) is -0.142. The summed E-state index contributed by atoms with van der Waals surface area (Å²) >= 11 is 4.75. The van der Waals surface area contributed by atoms with Gasteiger partial charge in [-0.25, -0.2) is 13.4 Å². The van der Waals surface area contributed by atoms with Gasteiger partial charge in [-0.2, -0.15) is 0 Å². The van der Waals surface area contributed by atoms with Gasteiger partial charge in [-0.05, 0) is 36.4 Å². The number of anilines is 1. The fraction of sp³-hybridized carbons (Fsp3) is 0.333. The van der Waals surface area contributed by atoms with E-state index in [9.17, 15) is 13.2 Å². The Morgan fingerprint density at radius 3 is 2.66 bits per heavy atom. The topological polar surface area (TPSA) is 79.8 Å². The highest BCUT2D eigenvalue weighted by Crippen LogP contribution is 2.31. The number of benzene rings is 2. The Morgan fingerprint density at radius 1 is 1.22 bits per heavy atom. The molecule has 1 amide bonds. The Morgan fingerprint density at radius 2 is 1.97 bits per heavy atom. The molecule has 172 valence electrons. The Labute approximate surface area is 205 Å². The lowest BCUT2D eigenvalue weighted by Gasteiger charge is -2.29. The maximum atomic E-state index is 13.4. The van der Waals surface area contributed by atoms with Crippen molar-refractivity contribution in [2.24, 2.45) is 0 Å². The minimum atomic E-state index is -3.32. The Balaban J connectivity index is 0.00000289. The van der Waals surface area contributed by atoms with Crippen molar-refractivity contribution in [3.05, 3.63) is 52.5 Å². The Kier molecular flexibility index (Phi) is 8.29. The number of amides is 1. The first-order valence-corrected chi connectivity index (χ1v) is 13.3. The number of fused-ring (bicyclic) bond motifs is 1. The first kappa shape index (κ1) is 25.1.